The van der Waals surface area contributed by atoms with Crippen LogP contribution in [0, 0.1) is 6.92 Å². The van der Waals surface area contributed by atoms with Gasteiger partial charge < -0.3 is 9.72 Å². The van der Waals surface area contributed by atoms with E-state index in [2.05, 4.69) is 51.0 Å². The van der Waals surface area contributed by atoms with Gasteiger partial charge in [0.05, 0.1) is 31.1 Å². The molecule has 0 aliphatic carbocycles. The summed E-state index contributed by atoms with van der Waals surface area (Å²) in [4.78, 5) is 14.6. The molecular weight excluding hydrogens is 312 g/mol. The van der Waals surface area contributed by atoms with E-state index in [0.29, 0.717) is 6.61 Å². The van der Waals surface area contributed by atoms with Crippen molar-refractivity contribution in [2.24, 2.45) is 0 Å². The molecule has 1 atom stereocenters. The Bertz CT molecular complexity index is 813. The highest BCUT2D eigenvalue weighted by molar-refractivity contribution is 5.57. The van der Waals surface area contributed by atoms with Crippen LogP contribution in [-0.4, -0.2) is 39.6 Å². The van der Waals surface area contributed by atoms with E-state index in [4.69, 9.17) is 4.74 Å². The average molecular weight is 334 g/mol. The molecule has 1 aliphatic rings. The fourth-order valence-corrected chi connectivity index (χ4v) is 3.19. The van der Waals surface area contributed by atoms with Crippen LogP contribution in [-0.2, 0) is 11.3 Å². The largest absolute Gasteiger partial charge is 0.378 e. The Kier molecular flexibility index (Phi) is 4.59. The molecule has 3 heterocycles. The molecule has 0 spiro atoms. The van der Waals surface area contributed by atoms with Gasteiger partial charge in [0.25, 0.3) is 0 Å². The van der Waals surface area contributed by atoms with Crippen LogP contribution >= 0.6 is 0 Å². The molecule has 5 nitrogen and oxygen atoms in total. The lowest BCUT2D eigenvalue weighted by Crippen LogP contribution is -2.39. The summed E-state index contributed by atoms with van der Waals surface area (Å²) < 4.78 is 5.73. The quantitative estimate of drug-likeness (QED) is 0.795. The number of nitrogens with zero attached hydrogens (tertiary/aromatic N) is 3. The maximum atomic E-state index is 5.73. The maximum Gasteiger partial charge on any atom is 0.126 e. The Hall–Kier alpha value is -2.50. The second-order valence-corrected chi connectivity index (χ2v) is 6.46. The fraction of sp³-hybridized carbons (Fsp3) is 0.300. The van der Waals surface area contributed by atoms with Gasteiger partial charge in [-0.2, -0.15) is 0 Å². The number of pyridine rings is 1. The van der Waals surface area contributed by atoms with Gasteiger partial charge in [-0.05, 0) is 24.6 Å². The lowest BCUT2D eigenvalue weighted by Gasteiger charge is -2.34. The number of aromatic amines is 1. The summed E-state index contributed by atoms with van der Waals surface area (Å²) in [5.74, 6) is 0.957. The third kappa shape index (κ3) is 3.62. The SMILES string of the molecule is Cc1ccc(CN2CCOC[C@H]2c2ncc(-c3ccncc3)[nH]2)cc1. The van der Waals surface area contributed by atoms with Crippen molar-refractivity contribution in [2.45, 2.75) is 19.5 Å². The zero-order chi connectivity index (χ0) is 17.1. The van der Waals surface area contributed by atoms with Gasteiger partial charge in [0.15, 0.2) is 0 Å². The molecule has 1 saturated heterocycles. The molecule has 0 radical (unpaired) electrons. The molecule has 1 fully saturated rings. The normalized spacial score (nSPS) is 18.4. The number of aromatic nitrogens is 3. The second-order valence-electron chi connectivity index (χ2n) is 6.46. The van der Waals surface area contributed by atoms with E-state index in [0.717, 1.165) is 36.8 Å². The van der Waals surface area contributed by atoms with Crippen molar-refractivity contribution in [2.75, 3.05) is 19.8 Å². The van der Waals surface area contributed by atoms with Gasteiger partial charge in [-0.1, -0.05) is 29.8 Å². The van der Waals surface area contributed by atoms with Crippen molar-refractivity contribution in [1.82, 2.24) is 19.9 Å². The van der Waals surface area contributed by atoms with Crippen LogP contribution in [0.2, 0.25) is 0 Å². The molecule has 1 N–H and O–H groups in total. The second kappa shape index (κ2) is 7.17. The molecule has 1 aromatic carbocycles. The number of imidazole rings is 1. The number of benzene rings is 1. The van der Waals surface area contributed by atoms with Crippen molar-refractivity contribution in [3.8, 4) is 11.3 Å². The summed E-state index contributed by atoms with van der Waals surface area (Å²) in [6.07, 6.45) is 5.48. The molecule has 0 unspecified atom stereocenters. The minimum absolute atomic E-state index is 0.144. The molecule has 3 aromatic rings. The van der Waals surface area contributed by atoms with Gasteiger partial charge in [-0.25, -0.2) is 4.98 Å². The van der Waals surface area contributed by atoms with E-state index in [-0.39, 0.29) is 6.04 Å². The summed E-state index contributed by atoms with van der Waals surface area (Å²) in [7, 11) is 0. The highest BCUT2D eigenvalue weighted by atomic mass is 16.5. The molecule has 0 saturated carbocycles. The first-order chi connectivity index (χ1) is 12.3. The van der Waals surface area contributed by atoms with Gasteiger partial charge in [0.1, 0.15) is 5.82 Å². The van der Waals surface area contributed by atoms with E-state index in [1.165, 1.54) is 11.1 Å². The zero-order valence-electron chi connectivity index (χ0n) is 14.4. The highest BCUT2D eigenvalue weighted by Crippen LogP contribution is 2.26. The molecule has 0 amide bonds. The molecule has 128 valence electrons. The molecular formula is C20H22N4O. The Morgan fingerprint density at radius 1 is 1.16 bits per heavy atom. The lowest BCUT2D eigenvalue weighted by molar-refractivity contribution is -0.0156. The molecule has 25 heavy (non-hydrogen) atoms. The van der Waals surface area contributed by atoms with Crippen LogP contribution in [0.4, 0.5) is 0 Å². The molecule has 5 heteroatoms. The van der Waals surface area contributed by atoms with E-state index in [1.807, 2.05) is 18.3 Å². The van der Waals surface area contributed by atoms with Gasteiger partial charge in [0, 0.05) is 31.0 Å². The Morgan fingerprint density at radius 2 is 1.96 bits per heavy atom. The standard InChI is InChI=1S/C20H22N4O/c1-15-2-4-16(5-3-15)13-24-10-11-25-14-19(24)20-22-12-18(23-20)17-6-8-21-9-7-17/h2-9,12,19H,10-11,13-14H2,1H3,(H,22,23)/t19-/m0/s1. The summed E-state index contributed by atoms with van der Waals surface area (Å²) in [6, 6.07) is 12.8. The van der Waals surface area contributed by atoms with Crippen molar-refractivity contribution in [3.63, 3.8) is 0 Å². The number of morpholine rings is 1. The number of H-pyrrole nitrogens is 1. The minimum atomic E-state index is 0.144. The number of hydrogen-bond acceptors (Lipinski definition) is 4. The van der Waals surface area contributed by atoms with E-state index in [1.54, 1.807) is 12.4 Å². The summed E-state index contributed by atoms with van der Waals surface area (Å²) in [6.45, 7) is 5.35. The first-order valence-electron chi connectivity index (χ1n) is 8.62. The first kappa shape index (κ1) is 16.0. The van der Waals surface area contributed by atoms with Gasteiger partial charge in [-0.3, -0.25) is 9.88 Å². The van der Waals surface area contributed by atoms with Crippen molar-refractivity contribution in [3.05, 3.63) is 71.9 Å². The lowest BCUT2D eigenvalue weighted by atomic mass is 10.1. The predicted octanol–water partition coefficient (Wildman–Crippen LogP) is 3.35. The number of rotatable bonds is 4. The topological polar surface area (TPSA) is 54.0 Å². The molecule has 0 bridgehead atoms. The first-order valence-corrected chi connectivity index (χ1v) is 8.62. The Morgan fingerprint density at radius 3 is 2.76 bits per heavy atom. The smallest absolute Gasteiger partial charge is 0.126 e. The highest BCUT2D eigenvalue weighted by Gasteiger charge is 2.27. The molecule has 4 rings (SSSR count). The van der Waals surface area contributed by atoms with Crippen LogP contribution in [0.25, 0.3) is 11.3 Å². The van der Waals surface area contributed by atoms with E-state index in [9.17, 15) is 0 Å². The monoisotopic (exact) mass is 334 g/mol. The number of nitrogens with one attached hydrogen (secondary N) is 1. The van der Waals surface area contributed by atoms with Crippen molar-refractivity contribution >= 4 is 0 Å². The zero-order valence-corrected chi connectivity index (χ0v) is 14.4. The van der Waals surface area contributed by atoms with Crippen LogP contribution in [0.3, 0.4) is 0 Å². The maximum absolute atomic E-state index is 5.73. The van der Waals surface area contributed by atoms with Crippen LogP contribution in [0.15, 0.2) is 55.0 Å². The third-order valence-electron chi connectivity index (χ3n) is 4.65. The summed E-state index contributed by atoms with van der Waals surface area (Å²) in [5, 5.41) is 0. The van der Waals surface area contributed by atoms with Crippen molar-refractivity contribution in [1.29, 1.82) is 0 Å². The third-order valence-corrected chi connectivity index (χ3v) is 4.65. The fourth-order valence-electron chi connectivity index (χ4n) is 3.19. The predicted molar refractivity (Wildman–Crippen MR) is 97.0 cm³/mol. The average Bonchev–Trinajstić information content (AvgIpc) is 3.15. The molecule has 1 aliphatic heterocycles. The van der Waals surface area contributed by atoms with Crippen LogP contribution in [0.5, 0.6) is 0 Å². The number of hydrogen-bond donors (Lipinski definition) is 1. The number of ether oxygens (including phenoxy) is 1. The van der Waals surface area contributed by atoms with E-state index >= 15 is 0 Å². The minimum Gasteiger partial charge on any atom is -0.378 e. The van der Waals surface area contributed by atoms with Gasteiger partial charge >= 0.3 is 0 Å². The van der Waals surface area contributed by atoms with Crippen molar-refractivity contribution < 1.29 is 4.74 Å². The Balaban J connectivity index is 1.55. The van der Waals surface area contributed by atoms with Gasteiger partial charge in [-0.15, -0.1) is 0 Å². The summed E-state index contributed by atoms with van der Waals surface area (Å²) >= 11 is 0. The molecule has 2 aromatic heterocycles. The summed E-state index contributed by atoms with van der Waals surface area (Å²) in [5.41, 5.74) is 4.71. The van der Waals surface area contributed by atoms with E-state index < -0.39 is 0 Å². The van der Waals surface area contributed by atoms with Crippen LogP contribution in [0.1, 0.15) is 23.0 Å². The van der Waals surface area contributed by atoms with Crippen LogP contribution < -0.4 is 0 Å². The Labute approximate surface area is 147 Å². The van der Waals surface area contributed by atoms with Gasteiger partial charge in [0.2, 0.25) is 0 Å². The number of aryl methyl sites for hydroxylation is 1.